The van der Waals surface area contributed by atoms with E-state index in [2.05, 4.69) is 15.3 Å². The highest BCUT2D eigenvalue weighted by atomic mass is 32.2. The summed E-state index contributed by atoms with van der Waals surface area (Å²) in [6, 6.07) is 11.6. The number of nitrogens with zero attached hydrogens (tertiary/aromatic N) is 1. The van der Waals surface area contributed by atoms with Gasteiger partial charge in [-0.2, -0.15) is 11.8 Å². The molecule has 1 amide bonds. The topological polar surface area (TPSA) is 137 Å². The number of carboxylic acid groups (broad SMARTS) is 1. The molecule has 0 radical (unpaired) electrons. The van der Waals surface area contributed by atoms with E-state index in [1.54, 1.807) is 30.5 Å². The van der Waals surface area contributed by atoms with Gasteiger partial charge in [-0.15, -0.1) is 0 Å². The van der Waals surface area contributed by atoms with Gasteiger partial charge in [0.25, 0.3) is 5.56 Å². The number of carboxylic acids is 1. The number of para-hydroxylation sites is 2. The Morgan fingerprint density at radius 1 is 1.06 bits per heavy atom. The van der Waals surface area contributed by atoms with Crippen LogP contribution in [-0.2, 0) is 16.0 Å². The summed E-state index contributed by atoms with van der Waals surface area (Å²) in [5.41, 5.74) is 0.587. The van der Waals surface area contributed by atoms with E-state index in [9.17, 15) is 24.3 Å². The molecule has 0 spiro atoms. The van der Waals surface area contributed by atoms with E-state index in [0.717, 1.165) is 21.0 Å². The zero-order valence-electron chi connectivity index (χ0n) is 18.4. The first-order valence-electron chi connectivity index (χ1n) is 10.7. The second-order valence-corrected chi connectivity index (χ2v) is 8.90. The normalized spacial score (nSPS) is 13.1. The third-order valence-electron chi connectivity index (χ3n) is 5.76. The minimum atomic E-state index is -1.25. The Morgan fingerprint density at radius 2 is 1.74 bits per heavy atom. The molecule has 2 heterocycles. The maximum atomic E-state index is 13.4. The minimum Gasteiger partial charge on any atom is -0.480 e. The zero-order valence-corrected chi connectivity index (χ0v) is 19.2. The van der Waals surface area contributed by atoms with Crippen molar-refractivity contribution in [2.45, 2.75) is 24.9 Å². The van der Waals surface area contributed by atoms with Gasteiger partial charge in [0.1, 0.15) is 12.1 Å². The standard InChI is InChI=1S/C24H24N4O5S/c1-34-11-10-19(23(31)32)26-21(29)20(12-14-13-25-17-8-4-2-6-15(14)17)28-22(30)16-7-3-5-9-18(16)27-24(28)33/h2-9,13,19-20,25H,10-12H2,1H3,(H,26,29)(H,27,33)(H,31,32)/t19-,20-/m1/s1. The van der Waals surface area contributed by atoms with Gasteiger partial charge in [-0.05, 0) is 42.2 Å². The maximum Gasteiger partial charge on any atom is 0.329 e. The van der Waals surface area contributed by atoms with Crippen molar-refractivity contribution in [3.8, 4) is 0 Å². The number of nitrogens with one attached hydrogen (secondary N) is 3. The lowest BCUT2D eigenvalue weighted by molar-refractivity contribution is -0.142. The molecule has 2 atom stereocenters. The molecule has 34 heavy (non-hydrogen) atoms. The highest BCUT2D eigenvalue weighted by molar-refractivity contribution is 7.98. The molecule has 0 aliphatic rings. The van der Waals surface area contributed by atoms with Crippen LogP contribution in [0.1, 0.15) is 18.0 Å². The van der Waals surface area contributed by atoms with Gasteiger partial charge in [-0.25, -0.2) is 14.2 Å². The van der Waals surface area contributed by atoms with Crippen molar-refractivity contribution < 1.29 is 14.7 Å². The minimum absolute atomic E-state index is 0.0199. The van der Waals surface area contributed by atoms with Crippen LogP contribution in [0.5, 0.6) is 0 Å². The molecular weight excluding hydrogens is 456 g/mol. The number of aromatic nitrogens is 3. The van der Waals surface area contributed by atoms with Crippen LogP contribution in [0.15, 0.2) is 64.3 Å². The lowest BCUT2D eigenvalue weighted by Crippen LogP contribution is -2.49. The summed E-state index contributed by atoms with van der Waals surface area (Å²) in [6.07, 6.45) is 3.80. The second kappa shape index (κ2) is 10.0. The molecule has 0 aliphatic carbocycles. The summed E-state index contributed by atoms with van der Waals surface area (Å²) < 4.78 is 0.882. The number of hydrogen-bond acceptors (Lipinski definition) is 5. The second-order valence-electron chi connectivity index (χ2n) is 7.91. The summed E-state index contributed by atoms with van der Waals surface area (Å²) >= 11 is 1.46. The molecule has 0 saturated heterocycles. The van der Waals surface area contributed by atoms with Crippen molar-refractivity contribution in [3.05, 3.63) is 81.1 Å². The van der Waals surface area contributed by atoms with Gasteiger partial charge in [-0.3, -0.25) is 9.59 Å². The summed E-state index contributed by atoms with van der Waals surface area (Å²) in [5.74, 6) is -1.35. The molecule has 4 aromatic rings. The van der Waals surface area contributed by atoms with E-state index in [1.807, 2.05) is 30.5 Å². The van der Waals surface area contributed by atoms with Gasteiger partial charge in [-0.1, -0.05) is 30.3 Å². The third-order valence-corrected chi connectivity index (χ3v) is 6.41. The summed E-state index contributed by atoms with van der Waals surface area (Å²) in [6.45, 7) is 0. The molecule has 0 aliphatic heterocycles. The summed E-state index contributed by atoms with van der Waals surface area (Å²) in [4.78, 5) is 57.2. The average Bonchev–Trinajstić information content (AvgIpc) is 3.23. The van der Waals surface area contributed by atoms with E-state index in [4.69, 9.17) is 0 Å². The van der Waals surface area contributed by atoms with E-state index < -0.39 is 35.2 Å². The molecule has 0 fully saturated rings. The van der Waals surface area contributed by atoms with Crippen LogP contribution in [0.25, 0.3) is 21.8 Å². The monoisotopic (exact) mass is 480 g/mol. The molecular formula is C24H24N4O5S. The highest BCUT2D eigenvalue weighted by Gasteiger charge is 2.30. The fourth-order valence-electron chi connectivity index (χ4n) is 4.03. The molecule has 4 N–H and O–H groups in total. The van der Waals surface area contributed by atoms with Crippen LogP contribution in [0.2, 0.25) is 0 Å². The number of thioether (sulfide) groups is 1. The fourth-order valence-corrected chi connectivity index (χ4v) is 4.50. The first kappa shape index (κ1) is 23.4. The van der Waals surface area contributed by atoms with Crippen LogP contribution in [0.3, 0.4) is 0 Å². The Bertz CT molecular complexity index is 1470. The zero-order chi connectivity index (χ0) is 24.2. The van der Waals surface area contributed by atoms with E-state index in [1.165, 1.54) is 11.8 Å². The quantitative estimate of drug-likeness (QED) is 0.290. The van der Waals surface area contributed by atoms with Crippen molar-refractivity contribution in [1.82, 2.24) is 19.9 Å². The van der Waals surface area contributed by atoms with Gasteiger partial charge in [0.2, 0.25) is 5.91 Å². The molecule has 0 unspecified atom stereocenters. The number of rotatable bonds is 9. The fraction of sp³-hybridized carbons (Fsp3) is 0.250. The Labute approximate surface area is 198 Å². The van der Waals surface area contributed by atoms with Crippen LogP contribution >= 0.6 is 11.8 Å². The number of aliphatic carboxylic acids is 1. The lowest BCUT2D eigenvalue weighted by Gasteiger charge is -2.22. The first-order chi connectivity index (χ1) is 16.4. The third kappa shape index (κ3) is 4.62. The number of carbonyl (C=O) groups excluding carboxylic acids is 1. The summed E-state index contributed by atoms with van der Waals surface area (Å²) in [5, 5.41) is 13.2. The van der Waals surface area contributed by atoms with E-state index >= 15 is 0 Å². The summed E-state index contributed by atoms with van der Waals surface area (Å²) in [7, 11) is 0. The molecule has 4 rings (SSSR count). The SMILES string of the molecule is CSCC[C@@H](NC(=O)[C@@H](Cc1c[nH]c2ccccc12)n1c(=O)[nH]c2ccccc2c1=O)C(=O)O. The predicted molar refractivity (Wildman–Crippen MR) is 132 cm³/mol. The number of hydrogen-bond donors (Lipinski definition) is 4. The van der Waals surface area contributed by atoms with Crippen LogP contribution < -0.4 is 16.6 Å². The molecule has 10 heteroatoms. The largest absolute Gasteiger partial charge is 0.480 e. The Morgan fingerprint density at radius 3 is 2.44 bits per heavy atom. The van der Waals surface area contributed by atoms with Crippen molar-refractivity contribution in [2.24, 2.45) is 0 Å². The van der Waals surface area contributed by atoms with Gasteiger partial charge < -0.3 is 20.4 Å². The molecule has 0 bridgehead atoms. The van der Waals surface area contributed by atoms with Crippen LogP contribution in [0, 0.1) is 0 Å². The first-order valence-corrected chi connectivity index (χ1v) is 12.1. The number of aromatic amines is 2. The molecule has 0 saturated carbocycles. The maximum absolute atomic E-state index is 13.4. The van der Waals surface area contributed by atoms with Gasteiger partial charge in [0, 0.05) is 23.5 Å². The predicted octanol–water partition coefficient (Wildman–Crippen LogP) is 2.28. The molecule has 176 valence electrons. The van der Waals surface area contributed by atoms with Crippen LogP contribution in [-0.4, -0.2) is 49.6 Å². The lowest BCUT2D eigenvalue weighted by atomic mass is 10.0. The smallest absolute Gasteiger partial charge is 0.329 e. The Hall–Kier alpha value is -3.79. The number of fused-ring (bicyclic) bond motifs is 2. The number of benzene rings is 2. The molecule has 9 nitrogen and oxygen atoms in total. The molecule has 2 aromatic carbocycles. The van der Waals surface area contributed by atoms with Gasteiger partial charge in [0.05, 0.1) is 10.9 Å². The Kier molecular flexibility index (Phi) is 6.87. The number of H-pyrrole nitrogens is 2. The number of amides is 1. The van der Waals surface area contributed by atoms with Gasteiger partial charge >= 0.3 is 11.7 Å². The van der Waals surface area contributed by atoms with E-state index in [-0.39, 0.29) is 18.2 Å². The van der Waals surface area contributed by atoms with Crippen LogP contribution in [0.4, 0.5) is 0 Å². The van der Waals surface area contributed by atoms with Crippen molar-refractivity contribution in [1.29, 1.82) is 0 Å². The van der Waals surface area contributed by atoms with Crippen molar-refractivity contribution in [3.63, 3.8) is 0 Å². The van der Waals surface area contributed by atoms with Crippen molar-refractivity contribution >= 4 is 45.4 Å². The van der Waals surface area contributed by atoms with E-state index in [0.29, 0.717) is 11.3 Å². The van der Waals surface area contributed by atoms with Gasteiger partial charge in [0.15, 0.2) is 0 Å². The highest BCUT2D eigenvalue weighted by Crippen LogP contribution is 2.22. The average molecular weight is 481 g/mol. The Balaban J connectivity index is 1.81. The van der Waals surface area contributed by atoms with Crippen molar-refractivity contribution in [2.75, 3.05) is 12.0 Å². The number of carbonyl (C=O) groups is 2. The molecule has 2 aromatic heterocycles.